The third-order valence-corrected chi connectivity index (χ3v) is 3.38. The molecule has 0 fully saturated rings. The molecule has 0 spiro atoms. The highest BCUT2D eigenvalue weighted by atomic mass is 16.6. The Kier molecular flexibility index (Phi) is 5.38. The van der Waals surface area contributed by atoms with Crippen molar-refractivity contribution in [3.63, 3.8) is 0 Å². The van der Waals surface area contributed by atoms with E-state index in [1.54, 1.807) is 0 Å². The minimum Gasteiger partial charge on any atom is -0.481 e. The third kappa shape index (κ3) is 4.17. The number of rotatable bonds is 7. The molecule has 1 atom stereocenters. The van der Waals surface area contributed by atoms with Gasteiger partial charge in [-0.3, -0.25) is 9.59 Å². The normalized spacial score (nSPS) is 22.7. The molecule has 0 heterocycles. The Hall–Kier alpha value is -1.32. The number of allylic oxidation sites excluding steroid dienone is 1. The third-order valence-electron chi connectivity index (χ3n) is 3.38. The second kappa shape index (κ2) is 6.57. The van der Waals surface area contributed by atoms with Crippen LogP contribution in [0.2, 0.25) is 0 Å². The molecule has 0 amide bonds. The van der Waals surface area contributed by atoms with E-state index in [9.17, 15) is 9.59 Å². The topological polar surface area (TPSA) is 63.6 Å². The Bertz CT molecular complexity index is 346. The average Bonchev–Trinajstić information content (AvgIpc) is 2.59. The van der Waals surface area contributed by atoms with Crippen molar-refractivity contribution in [1.29, 1.82) is 0 Å². The van der Waals surface area contributed by atoms with E-state index in [2.05, 4.69) is 13.0 Å². The molecule has 4 heteroatoms. The van der Waals surface area contributed by atoms with Gasteiger partial charge in [-0.05, 0) is 38.2 Å². The summed E-state index contributed by atoms with van der Waals surface area (Å²) < 4.78 is 5.36. The van der Waals surface area contributed by atoms with Crippen LogP contribution in [0.1, 0.15) is 58.8 Å². The number of carbonyl (C=O) groups excluding carboxylic acids is 1. The Labute approximate surface area is 108 Å². The molecule has 0 aromatic heterocycles. The summed E-state index contributed by atoms with van der Waals surface area (Å²) in [5.74, 6) is -1.79. The van der Waals surface area contributed by atoms with E-state index in [0.29, 0.717) is 0 Å². The molecule has 0 radical (unpaired) electrons. The van der Waals surface area contributed by atoms with Gasteiger partial charge in [0.15, 0.2) is 0 Å². The van der Waals surface area contributed by atoms with E-state index in [4.69, 9.17) is 9.84 Å². The van der Waals surface area contributed by atoms with Crippen LogP contribution >= 0.6 is 0 Å². The first-order valence-electron chi connectivity index (χ1n) is 6.61. The fourth-order valence-corrected chi connectivity index (χ4v) is 2.36. The van der Waals surface area contributed by atoms with Gasteiger partial charge in [0.05, 0.1) is 0 Å². The van der Waals surface area contributed by atoms with Crippen LogP contribution in [0.4, 0.5) is 0 Å². The predicted molar refractivity (Wildman–Crippen MR) is 68.2 cm³/mol. The van der Waals surface area contributed by atoms with Gasteiger partial charge in [-0.1, -0.05) is 25.8 Å². The lowest BCUT2D eigenvalue weighted by Gasteiger charge is -2.28. The summed E-state index contributed by atoms with van der Waals surface area (Å²) in [5.41, 5.74) is 0.565. The van der Waals surface area contributed by atoms with Crippen molar-refractivity contribution in [2.45, 2.75) is 64.4 Å². The van der Waals surface area contributed by atoms with E-state index < -0.39 is 24.0 Å². The Morgan fingerprint density at radius 3 is 2.78 bits per heavy atom. The molecule has 0 aliphatic heterocycles. The lowest BCUT2D eigenvalue weighted by atomic mass is 9.93. The fourth-order valence-electron chi connectivity index (χ4n) is 2.36. The second-order valence-electron chi connectivity index (χ2n) is 5.00. The Morgan fingerprint density at radius 2 is 2.17 bits per heavy atom. The standard InChI is InChI=1S/C14H22O4/c1-3-4-5-7-11-8-6-9-14(11,2)18-13(17)10-12(15)16/h8H,3-7,9-10H2,1-2H3,(H,15,16). The molecule has 0 bridgehead atoms. The smallest absolute Gasteiger partial charge is 0.318 e. The van der Waals surface area contributed by atoms with Gasteiger partial charge in [0, 0.05) is 0 Å². The lowest BCUT2D eigenvalue weighted by Crippen LogP contribution is -2.32. The predicted octanol–water partition coefficient (Wildman–Crippen LogP) is 3.06. The highest BCUT2D eigenvalue weighted by Gasteiger charge is 2.36. The number of hydrogen-bond donors (Lipinski definition) is 1. The maximum absolute atomic E-state index is 11.5. The summed E-state index contributed by atoms with van der Waals surface area (Å²) in [7, 11) is 0. The van der Waals surface area contributed by atoms with Gasteiger partial charge in [0.1, 0.15) is 12.0 Å². The second-order valence-corrected chi connectivity index (χ2v) is 5.00. The molecule has 1 rings (SSSR count). The number of carboxylic acid groups (broad SMARTS) is 1. The molecule has 4 nitrogen and oxygen atoms in total. The molecule has 0 saturated heterocycles. The highest BCUT2D eigenvalue weighted by Crippen LogP contribution is 2.37. The van der Waals surface area contributed by atoms with Crippen LogP contribution in [0, 0.1) is 0 Å². The molecule has 18 heavy (non-hydrogen) atoms. The lowest BCUT2D eigenvalue weighted by molar-refractivity contribution is -0.159. The van der Waals surface area contributed by atoms with Crippen LogP contribution in [-0.4, -0.2) is 22.6 Å². The van der Waals surface area contributed by atoms with Gasteiger partial charge in [0.25, 0.3) is 0 Å². The van der Waals surface area contributed by atoms with Gasteiger partial charge in [-0.15, -0.1) is 0 Å². The van der Waals surface area contributed by atoms with Gasteiger partial charge in [-0.2, -0.15) is 0 Å². The maximum atomic E-state index is 11.5. The zero-order valence-electron chi connectivity index (χ0n) is 11.2. The Morgan fingerprint density at radius 1 is 1.44 bits per heavy atom. The molecular formula is C14H22O4. The van der Waals surface area contributed by atoms with E-state index in [0.717, 1.165) is 44.1 Å². The molecular weight excluding hydrogens is 232 g/mol. The van der Waals surface area contributed by atoms with Crippen molar-refractivity contribution in [3.8, 4) is 0 Å². The molecule has 1 N–H and O–H groups in total. The van der Waals surface area contributed by atoms with Crippen LogP contribution in [-0.2, 0) is 14.3 Å². The van der Waals surface area contributed by atoms with Crippen LogP contribution in [0.3, 0.4) is 0 Å². The molecule has 0 aromatic carbocycles. The van der Waals surface area contributed by atoms with E-state index >= 15 is 0 Å². The van der Waals surface area contributed by atoms with Gasteiger partial charge in [-0.25, -0.2) is 0 Å². The number of aliphatic carboxylic acids is 1. The minimum absolute atomic E-state index is 0.558. The maximum Gasteiger partial charge on any atom is 0.318 e. The molecule has 0 aromatic rings. The summed E-state index contributed by atoms with van der Waals surface area (Å²) in [6.45, 7) is 4.03. The van der Waals surface area contributed by atoms with Gasteiger partial charge < -0.3 is 9.84 Å². The Balaban J connectivity index is 2.53. The SMILES string of the molecule is CCCCCC1=CCCC1(C)OC(=O)CC(=O)O. The largest absolute Gasteiger partial charge is 0.481 e. The number of ether oxygens (including phenoxy) is 1. The van der Waals surface area contributed by atoms with Crippen molar-refractivity contribution in [2.24, 2.45) is 0 Å². The summed E-state index contributed by atoms with van der Waals surface area (Å²) in [6.07, 6.45) is 7.58. The van der Waals surface area contributed by atoms with Crippen LogP contribution in [0.15, 0.2) is 11.6 Å². The van der Waals surface area contributed by atoms with Gasteiger partial charge >= 0.3 is 11.9 Å². The first-order chi connectivity index (χ1) is 8.48. The highest BCUT2D eigenvalue weighted by molar-refractivity contribution is 5.90. The molecule has 102 valence electrons. The van der Waals surface area contributed by atoms with Crippen LogP contribution in [0.25, 0.3) is 0 Å². The quantitative estimate of drug-likeness (QED) is 0.328. The monoisotopic (exact) mass is 254 g/mol. The van der Waals surface area contributed by atoms with Gasteiger partial charge in [0.2, 0.25) is 0 Å². The molecule has 1 unspecified atom stereocenters. The summed E-state index contributed by atoms with van der Waals surface area (Å²) in [4.78, 5) is 21.9. The first kappa shape index (κ1) is 14.7. The van der Waals surface area contributed by atoms with E-state index in [-0.39, 0.29) is 0 Å². The molecule has 1 aliphatic rings. The fraction of sp³-hybridized carbons (Fsp3) is 0.714. The van der Waals surface area contributed by atoms with E-state index in [1.165, 1.54) is 0 Å². The number of carbonyl (C=O) groups is 2. The first-order valence-corrected chi connectivity index (χ1v) is 6.61. The van der Waals surface area contributed by atoms with Crippen LogP contribution in [0.5, 0.6) is 0 Å². The number of hydrogen-bond acceptors (Lipinski definition) is 3. The zero-order chi connectivity index (χ0) is 13.6. The van der Waals surface area contributed by atoms with Crippen molar-refractivity contribution in [2.75, 3.05) is 0 Å². The van der Waals surface area contributed by atoms with Crippen molar-refractivity contribution < 1.29 is 19.4 Å². The number of unbranched alkanes of at least 4 members (excludes halogenated alkanes) is 2. The zero-order valence-corrected chi connectivity index (χ0v) is 11.2. The van der Waals surface area contributed by atoms with Crippen molar-refractivity contribution in [1.82, 2.24) is 0 Å². The summed E-state index contributed by atoms with van der Waals surface area (Å²) in [5, 5.41) is 8.57. The average molecular weight is 254 g/mol. The number of carboxylic acids is 1. The molecule has 1 aliphatic carbocycles. The summed E-state index contributed by atoms with van der Waals surface area (Å²) >= 11 is 0. The summed E-state index contributed by atoms with van der Waals surface area (Å²) in [6, 6.07) is 0. The molecule has 0 saturated carbocycles. The van der Waals surface area contributed by atoms with Crippen LogP contribution < -0.4 is 0 Å². The van der Waals surface area contributed by atoms with E-state index in [1.807, 2.05) is 6.92 Å². The van der Waals surface area contributed by atoms with Crippen molar-refractivity contribution in [3.05, 3.63) is 11.6 Å². The number of esters is 1. The minimum atomic E-state index is -1.14. The van der Waals surface area contributed by atoms with Crippen molar-refractivity contribution >= 4 is 11.9 Å².